The average Bonchev–Trinajstić information content (AvgIpc) is 2.29. The van der Waals surface area contributed by atoms with Crippen molar-refractivity contribution in [1.29, 1.82) is 0 Å². The fraction of sp³-hybridized carbons (Fsp3) is 0.923. The lowest BCUT2D eigenvalue weighted by Gasteiger charge is -2.25. The first-order valence-corrected chi connectivity index (χ1v) is 6.36. The number of aliphatic hydroxyl groups is 1. The van der Waals surface area contributed by atoms with Crippen LogP contribution in [0.3, 0.4) is 0 Å². The third-order valence-electron chi connectivity index (χ3n) is 3.25. The second-order valence-corrected chi connectivity index (χ2v) is 5.15. The van der Waals surface area contributed by atoms with Crippen LogP contribution in [0.15, 0.2) is 0 Å². The number of esters is 1. The molecule has 102 valence electrons. The van der Waals surface area contributed by atoms with Gasteiger partial charge in [0, 0.05) is 13.1 Å². The molecule has 0 bridgehead atoms. The van der Waals surface area contributed by atoms with Gasteiger partial charge in [0.25, 0.3) is 0 Å². The molecule has 0 aromatic rings. The van der Waals surface area contributed by atoms with Crippen molar-refractivity contribution in [3.63, 3.8) is 0 Å². The number of ether oxygens (including phenoxy) is 1. The summed E-state index contributed by atoms with van der Waals surface area (Å²) in [5, 5.41) is 13.1. The summed E-state index contributed by atoms with van der Waals surface area (Å²) in [5.41, 5.74) is -0.553. The minimum absolute atomic E-state index is 0.234. The van der Waals surface area contributed by atoms with Crippen molar-refractivity contribution in [2.75, 3.05) is 20.2 Å². The molecule has 0 radical (unpaired) electrons. The van der Waals surface area contributed by atoms with Crippen LogP contribution in [-0.2, 0) is 9.53 Å². The molecule has 0 saturated heterocycles. The predicted molar refractivity (Wildman–Crippen MR) is 68.7 cm³/mol. The molecule has 1 atom stereocenters. The van der Waals surface area contributed by atoms with Gasteiger partial charge in [-0.25, -0.2) is 0 Å². The van der Waals surface area contributed by atoms with E-state index in [9.17, 15) is 9.90 Å². The van der Waals surface area contributed by atoms with Gasteiger partial charge in [-0.05, 0) is 19.8 Å². The highest BCUT2D eigenvalue weighted by Crippen LogP contribution is 2.16. The third kappa shape index (κ3) is 5.50. The summed E-state index contributed by atoms with van der Waals surface area (Å²) in [7, 11) is 1.39. The van der Waals surface area contributed by atoms with E-state index in [0.717, 1.165) is 12.8 Å². The van der Waals surface area contributed by atoms with Gasteiger partial charge in [0.2, 0.25) is 0 Å². The third-order valence-corrected chi connectivity index (χ3v) is 3.25. The number of methoxy groups -OCH3 is 1. The molecule has 0 amide bonds. The standard InChI is InChI=1S/C13H27NO3/c1-6-10(7-2)11(15)8-14-9-13(3,4)12(16)17-5/h10-11,14-15H,6-9H2,1-5H3. The molecule has 0 aromatic heterocycles. The van der Waals surface area contributed by atoms with E-state index in [1.54, 1.807) is 0 Å². The Balaban J connectivity index is 4.02. The van der Waals surface area contributed by atoms with Gasteiger partial charge in [-0.2, -0.15) is 0 Å². The molecule has 0 heterocycles. The quantitative estimate of drug-likeness (QED) is 0.637. The van der Waals surface area contributed by atoms with Gasteiger partial charge in [0.05, 0.1) is 18.6 Å². The van der Waals surface area contributed by atoms with Crippen LogP contribution < -0.4 is 5.32 Å². The van der Waals surface area contributed by atoms with E-state index in [-0.39, 0.29) is 12.1 Å². The zero-order chi connectivity index (χ0) is 13.5. The van der Waals surface area contributed by atoms with Crippen molar-refractivity contribution < 1.29 is 14.6 Å². The number of hydrogen-bond acceptors (Lipinski definition) is 4. The Morgan fingerprint density at radius 1 is 1.35 bits per heavy atom. The van der Waals surface area contributed by atoms with Crippen molar-refractivity contribution in [1.82, 2.24) is 5.32 Å². The Morgan fingerprint density at radius 3 is 2.29 bits per heavy atom. The molecule has 1 unspecified atom stereocenters. The molecule has 4 heteroatoms. The van der Waals surface area contributed by atoms with Crippen LogP contribution in [0.1, 0.15) is 40.5 Å². The molecule has 0 aliphatic heterocycles. The molecule has 0 fully saturated rings. The molecular weight excluding hydrogens is 218 g/mol. The van der Waals surface area contributed by atoms with Gasteiger partial charge in [-0.15, -0.1) is 0 Å². The first-order chi connectivity index (χ1) is 7.88. The number of hydrogen-bond donors (Lipinski definition) is 2. The van der Waals surface area contributed by atoms with Crippen LogP contribution >= 0.6 is 0 Å². The fourth-order valence-corrected chi connectivity index (χ4v) is 1.88. The van der Waals surface area contributed by atoms with Crippen molar-refractivity contribution in [3.05, 3.63) is 0 Å². The lowest BCUT2D eigenvalue weighted by Crippen LogP contribution is -2.41. The summed E-state index contributed by atoms with van der Waals surface area (Å²) in [6.07, 6.45) is 1.60. The highest BCUT2D eigenvalue weighted by Gasteiger charge is 2.28. The summed E-state index contributed by atoms with van der Waals surface area (Å²) in [6, 6.07) is 0. The van der Waals surface area contributed by atoms with E-state index in [0.29, 0.717) is 19.0 Å². The zero-order valence-electron chi connectivity index (χ0n) is 11.7. The van der Waals surface area contributed by atoms with Crippen LogP contribution in [-0.4, -0.2) is 37.4 Å². The number of nitrogens with one attached hydrogen (secondary N) is 1. The van der Waals surface area contributed by atoms with Gasteiger partial charge < -0.3 is 15.2 Å². The highest BCUT2D eigenvalue weighted by molar-refractivity contribution is 5.76. The maximum absolute atomic E-state index is 11.4. The van der Waals surface area contributed by atoms with E-state index >= 15 is 0 Å². The highest BCUT2D eigenvalue weighted by atomic mass is 16.5. The predicted octanol–water partition coefficient (Wildman–Crippen LogP) is 1.57. The Labute approximate surface area is 105 Å². The molecule has 0 spiro atoms. The van der Waals surface area contributed by atoms with E-state index < -0.39 is 5.41 Å². The Hall–Kier alpha value is -0.610. The van der Waals surface area contributed by atoms with Crippen LogP contribution in [0.2, 0.25) is 0 Å². The van der Waals surface area contributed by atoms with Gasteiger partial charge >= 0.3 is 5.97 Å². The monoisotopic (exact) mass is 245 g/mol. The van der Waals surface area contributed by atoms with Crippen molar-refractivity contribution in [3.8, 4) is 0 Å². The Morgan fingerprint density at radius 2 is 1.88 bits per heavy atom. The number of rotatable bonds is 8. The van der Waals surface area contributed by atoms with E-state index in [4.69, 9.17) is 4.74 Å². The number of carbonyl (C=O) groups is 1. The van der Waals surface area contributed by atoms with Gasteiger partial charge in [-0.1, -0.05) is 26.7 Å². The molecule has 0 aliphatic carbocycles. The van der Waals surface area contributed by atoms with Gasteiger partial charge in [0.15, 0.2) is 0 Å². The van der Waals surface area contributed by atoms with Crippen molar-refractivity contribution >= 4 is 5.97 Å². The topological polar surface area (TPSA) is 58.6 Å². The minimum Gasteiger partial charge on any atom is -0.469 e. The van der Waals surface area contributed by atoms with Crippen molar-refractivity contribution in [2.24, 2.45) is 11.3 Å². The van der Waals surface area contributed by atoms with Gasteiger partial charge in [-0.3, -0.25) is 4.79 Å². The normalized spacial score (nSPS) is 13.8. The fourth-order valence-electron chi connectivity index (χ4n) is 1.88. The first kappa shape index (κ1) is 16.4. The molecule has 0 saturated carbocycles. The molecule has 0 aromatic carbocycles. The Bertz CT molecular complexity index is 225. The van der Waals surface area contributed by atoms with E-state index in [1.807, 2.05) is 13.8 Å². The second-order valence-electron chi connectivity index (χ2n) is 5.15. The lowest BCUT2D eigenvalue weighted by atomic mass is 9.93. The molecule has 0 aliphatic rings. The summed E-state index contributed by atoms with van der Waals surface area (Å²) in [5.74, 6) is 0.0887. The zero-order valence-corrected chi connectivity index (χ0v) is 11.7. The smallest absolute Gasteiger partial charge is 0.312 e. The van der Waals surface area contributed by atoms with E-state index in [2.05, 4.69) is 19.2 Å². The van der Waals surface area contributed by atoms with Crippen LogP contribution in [0.4, 0.5) is 0 Å². The summed E-state index contributed by atoms with van der Waals surface area (Å²) in [4.78, 5) is 11.4. The molecule has 2 N–H and O–H groups in total. The number of aliphatic hydroxyl groups excluding tert-OH is 1. The summed E-state index contributed by atoms with van der Waals surface area (Å²) in [6.45, 7) is 8.85. The molecule has 0 rings (SSSR count). The van der Waals surface area contributed by atoms with Crippen molar-refractivity contribution in [2.45, 2.75) is 46.6 Å². The molecular formula is C13H27NO3. The molecule has 4 nitrogen and oxygen atoms in total. The van der Waals surface area contributed by atoms with Gasteiger partial charge in [0.1, 0.15) is 0 Å². The lowest BCUT2D eigenvalue weighted by molar-refractivity contribution is -0.150. The first-order valence-electron chi connectivity index (χ1n) is 6.36. The average molecular weight is 245 g/mol. The largest absolute Gasteiger partial charge is 0.469 e. The Kier molecular flexibility index (Phi) is 7.39. The minimum atomic E-state index is -0.553. The number of carbonyl (C=O) groups excluding carboxylic acids is 1. The summed E-state index contributed by atoms with van der Waals surface area (Å²) >= 11 is 0. The summed E-state index contributed by atoms with van der Waals surface area (Å²) < 4.78 is 4.72. The second kappa shape index (κ2) is 7.67. The SMILES string of the molecule is CCC(CC)C(O)CNCC(C)(C)C(=O)OC. The molecule has 17 heavy (non-hydrogen) atoms. The van der Waals surface area contributed by atoms with Crippen LogP contribution in [0, 0.1) is 11.3 Å². The maximum Gasteiger partial charge on any atom is 0.312 e. The van der Waals surface area contributed by atoms with Crippen LogP contribution in [0.25, 0.3) is 0 Å². The maximum atomic E-state index is 11.4. The van der Waals surface area contributed by atoms with E-state index in [1.165, 1.54) is 7.11 Å². The van der Waals surface area contributed by atoms with Crippen LogP contribution in [0.5, 0.6) is 0 Å².